The Hall–Kier alpha value is -5.85. The van der Waals surface area contributed by atoms with E-state index in [2.05, 4.69) is 50.7 Å². The Kier molecular flexibility index (Phi) is 21.9. The summed E-state index contributed by atoms with van der Waals surface area (Å²) in [5, 5.41) is 13.8. The lowest BCUT2D eigenvalue weighted by Crippen LogP contribution is -2.32. The Morgan fingerprint density at radius 3 is 1.73 bits per heavy atom. The van der Waals surface area contributed by atoms with Gasteiger partial charge in [-0.05, 0) is 74.3 Å². The topological polar surface area (TPSA) is 152 Å². The van der Waals surface area contributed by atoms with Crippen molar-refractivity contribution in [2.75, 3.05) is 23.1 Å². The molecule has 67 heavy (non-hydrogen) atoms. The molecule has 0 bridgehead atoms. The normalized spacial score (nSPS) is 13.4. The van der Waals surface area contributed by atoms with Gasteiger partial charge >= 0.3 is 19.4 Å². The lowest BCUT2D eigenvalue weighted by molar-refractivity contribution is -0.144. The Bertz CT molecular complexity index is 2340. The summed E-state index contributed by atoms with van der Waals surface area (Å²) in [7, 11) is 0. The van der Waals surface area contributed by atoms with Gasteiger partial charge in [0.05, 0.1) is 11.1 Å². The van der Waals surface area contributed by atoms with Gasteiger partial charge in [-0.2, -0.15) is 30.7 Å². The van der Waals surface area contributed by atoms with Crippen molar-refractivity contribution >= 4 is 47.0 Å². The van der Waals surface area contributed by atoms with Crippen LogP contribution in [0.1, 0.15) is 89.9 Å². The summed E-state index contributed by atoms with van der Waals surface area (Å²) in [6.07, 6.45) is 5.87. The van der Waals surface area contributed by atoms with Crippen LogP contribution in [0.3, 0.4) is 0 Å². The number of amides is 2. The minimum absolute atomic E-state index is 0.0898. The Morgan fingerprint density at radius 2 is 1.22 bits per heavy atom. The minimum Gasteiger partial charge on any atom is -0.434 e. The summed E-state index contributed by atoms with van der Waals surface area (Å²) in [5.41, 5.74) is -1.54. The number of anilines is 2. The Morgan fingerprint density at radius 1 is 0.731 bits per heavy atom. The third kappa shape index (κ3) is 17.1. The van der Waals surface area contributed by atoms with Crippen LogP contribution < -0.4 is 30.7 Å². The van der Waals surface area contributed by atoms with Crippen molar-refractivity contribution in [3.63, 3.8) is 0 Å². The summed E-state index contributed by atoms with van der Waals surface area (Å²) < 4.78 is 154. The van der Waals surface area contributed by atoms with E-state index in [1.807, 2.05) is 25.5 Å². The molecular weight excluding hydrogens is 954 g/mol. The number of carbonyl (C=O) groups is 2. The molecule has 1 saturated carbocycles. The van der Waals surface area contributed by atoms with Crippen LogP contribution in [-0.2, 0) is 19.3 Å². The van der Waals surface area contributed by atoms with E-state index in [1.165, 1.54) is 29.7 Å². The molecular formula is C42H45F11N8O4S2. The first-order chi connectivity index (χ1) is 31.7. The van der Waals surface area contributed by atoms with Crippen molar-refractivity contribution in [1.29, 1.82) is 0 Å². The van der Waals surface area contributed by atoms with Crippen molar-refractivity contribution in [1.82, 2.24) is 30.6 Å². The molecule has 0 radical (unpaired) electrons. The van der Waals surface area contributed by atoms with E-state index in [9.17, 15) is 57.9 Å². The van der Waals surface area contributed by atoms with Crippen LogP contribution in [0.2, 0.25) is 0 Å². The fraction of sp³-hybridized carbons (Fsp3) is 0.381. The number of nitrogens with one attached hydrogen (secondary N) is 4. The minimum atomic E-state index is -4.98. The molecule has 2 heterocycles. The highest BCUT2D eigenvalue weighted by molar-refractivity contribution is 8.01. The van der Waals surface area contributed by atoms with Crippen LogP contribution in [0.4, 0.5) is 59.9 Å². The monoisotopic (exact) mass is 998 g/mol. The van der Waals surface area contributed by atoms with Crippen molar-refractivity contribution in [3.05, 3.63) is 117 Å². The molecule has 4 aromatic rings. The molecule has 1 aliphatic carbocycles. The van der Waals surface area contributed by atoms with E-state index in [-0.39, 0.29) is 23.3 Å². The standard InChI is InChI=1S/C21H22F4N4O2S.C19H17F7N4O2S.C2H6/c1-11(7-8-32-2)28-20(30)14-10-26-18(12-3-4-12)29-19(14)27-9-13-16(31-21(24)25)6-5-15(22)17(13)23;1-9(5-6-33-2)29-16(31)11-8-28-17(19(24,25)26)30-15(11)27-7-10-12(20)3-4-13(21)14(10)32-18(22)23;1-2/h5-8,10-12,21H,3-4,9H2,1-2H3,(H,28,30)(H,26,27,29);3-6,8-9,18H,7H2,1-2H3,(H,29,31)(H,27,28,30);1-2H3/b8-7+;6-5+;. The van der Waals surface area contributed by atoms with Crippen molar-refractivity contribution in [2.45, 2.75) is 91.0 Å². The number of aromatic nitrogens is 4. The molecule has 12 nitrogen and oxygen atoms in total. The molecule has 2 aromatic carbocycles. The maximum Gasteiger partial charge on any atom is 0.451 e. The maximum atomic E-state index is 14.3. The summed E-state index contributed by atoms with van der Waals surface area (Å²) in [6.45, 7) is -0.590. The van der Waals surface area contributed by atoms with Gasteiger partial charge in [0.15, 0.2) is 23.2 Å². The predicted molar refractivity (Wildman–Crippen MR) is 232 cm³/mol. The summed E-state index contributed by atoms with van der Waals surface area (Å²) in [6, 6.07) is 1.99. The summed E-state index contributed by atoms with van der Waals surface area (Å²) in [5.74, 6) is -9.53. The fourth-order valence-electron chi connectivity index (χ4n) is 5.36. The van der Waals surface area contributed by atoms with Gasteiger partial charge in [-0.25, -0.2) is 37.5 Å². The number of carbonyl (C=O) groups excluding carboxylic acids is 2. The number of nitrogens with zero attached hydrogens (tertiary/aromatic N) is 4. The zero-order chi connectivity index (χ0) is 50.0. The second-order valence-electron chi connectivity index (χ2n) is 13.5. The lowest BCUT2D eigenvalue weighted by Gasteiger charge is -2.17. The molecule has 0 saturated heterocycles. The zero-order valence-corrected chi connectivity index (χ0v) is 38.0. The second kappa shape index (κ2) is 26.5. The third-order valence-corrected chi connectivity index (χ3v) is 9.46. The number of thioether (sulfide) groups is 2. The molecule has 2 unspecified atom stereocenters. The van der Waals surface area contributed by atoms with E-state index in [0.717, 1.165) is 18.9 Å². The van der Waals surface area contributed by atoms with Gasteiger partial charge in [0.1, 0.15) is 40.2 Å². The highest BCUT2D eigenvalue weighted by Crippen LogP contribution is 2.39. The largest absolute Gasteiger partial charge is 0.451 e. The van der Waals surface area contributed by atoms with E-state index >= 15 is 0 Å². The second-order valence-corrected chi connectivity index (χ2v) is 15.0. The predicted octanol–water partition coefficient (Wildman–Crippen LogP) is 10.8. The third-order valence-electron chi connectivity index (χ3n) is 8.60. The molecule has 366 valence electrons. The van der Waals surface area contributed by atoms with Crippen LogP contribution in [0.15, 0.2) is 59.6 Å². The van der Waals surface area contributed by atoms with Gasteiger partial charge in [-0.1, -0.05) is 26.0 Å². The summed E-state index contributed by atoms with van der Waals surface area (Å²) >= 11 is 2.83. The van der Waals surface area contributed by atoms with Gasteiger partial charge < -0.3 is 30.7 Å². The average molecular weight is 999 g/mol. The highest BCUT2D eigenvalue weighted by Gasteiger charge is 2.36. The number of rotatable bonds is 19. The van der Waals surface area contributed by atoms with Crippen molar-refractivity contribution in [2.24, 2.45) is 0 Å². The number of ether oxygens (including phenoxy) is 2. The molecule has 2 atom stereocenters. The maximum absolute atomic E-state index is 14.3. The molecule has 1 aliphatic rings. The quantitative estimate of drug-likeness (QED) is 0.0662. The number of hydrogen-bond acceptors (Lipinski definition) is 12. The molecule has 0 aliphatic heterocycles. The van der Waals surface area contributed by atoms with E-state index in [1.54, 1.807) is 37.7 Å². The van der Waals surface area contributed by atoms with E-state index in [0.29, 0.717) is 30.2 Å². The average Bonchev–Trinajstić information content (AvgIpc) is 4.13. The van der Waals surface area contributed by atoms with E-state index in [4.69, 9.17) is 0 Å². The highest BCUT2D eigenvalue weighted by atomic mass is 32.2. The van der Waals surface area contributed by atoms with Crippen molar-refractivity contribution < 1.29 is 67.4 Å². The first-order valence-corrected chi connectivity index (χ1v) is 22.4. The van der Waals surface area contributed by atoms with Crippen LogP contribution in [-0.4, -0.2) is 69.6 Å². The molecule has 2 amide bonds. The van der Waals surface area contributed by atoms with Gasteiger partial charge in [-0.3, -0.25) is 9.59 Å². The smallest absolute Gasteiger partial charge is 0.434 e. The number of halogens is 11. The Labute approximate surface area is 386 Å². The Balaban J connectivity index is 0.000000343. The number of alkyl halides is 7. The van der Waals surface area contributed by atoms with Crippen LogP contribution >= 0.6 is 23.5 Å². The molecule has 2 aromatic heterocycles. The fourth-order valence-corrected chi connectivity index (χ4v) is 6.14. The first-order valence-electron chi connectivity index (χ1n) is 19.9. The number of benzene rings is 2. The molecule has 1 fully saturated rings. The lowest BCUT2D eigenvalue weighted by atomic mass is 10.1. The van der Waals surface area contributed by atoms with Gasteiger partial charge in [-0.15, -0.1) is 23.5 Å². The SMILES string of the molecule is CC.CS/C=C/C(C)NC(=O)c1cnc(C(F)(F)F)nc1NCc1c(F)ccc(F)c1OC(F)F.CS/C=C/C(C)NC(=O)c1cnc(C2CC2)nc1NCc1c(OC(F)F)ccc(F)c1F. The molecule has 25 heteroatoms. The van der Waals surface area contributed by atoms with Crippen LogP contribution in [0.5, 0.6) is 11.5 Å². The first kappa shape index (κ1) is 55.5. The molecule has 0 spiro atoms. The van der Waals surface area contributed by atoms with Gasteiger partial charge in [0.2, 0.25) is 5.82 Å². The van der Waals surface area contributed by atoms with Crippen molar-refractivity contribution in [3.8, 4) is 11.5 Å². The van der Waals surface area contributed by atoms with Crippen LogP contribution in [0.25, 0.3) is 0 Å². The molecule has 4 N–H and O–H groups in total. The molecule has 5 rings (SSSR count). The van der Waals surface area contributed by atoms with Crippen LogP contribution in [0, 0.1) is 23.3 Å². The van der Waals surface area contributed by atoms with Gasteiger partial charge in [0, 0.05) is 43.5 Å². The summed E-state index contributed by atoms with van der Waals surface area (Å²) in [4.78, 5) is 40.3. The van der Waals surface area contributed by atoms with E-state index < -0.39 is 113 Å². The zero-order valence-electron chi connectivity index (χ0n) is 36.4. The number of hydrogen-bond donors (Lipinski definition) is 4. The van der Waals surface area contributed by atoms with Gasteiger partial charge in [0.25, 0.3) is 11.8 Å².